The number of esters is 1. The summed E-state index contributed by atoms with van der Waals surface area (Å²) in [6.07, 6.45) is 6.42. The summed E-state index contributed by atoms with van der Waals surface area (Å²) < 4.78 is 33.5. The molecule has 1 aliphatic heterocycles. The molecule has 0 saturated heterocycles. The van der Waals surface area contributed by atoms with E-state index in [9.17, 15) is 13.2 Å². The van der Waals surface area contributed by atoms with E-state index in [1.165, 1.54) is 11.4 Å². The highest BCUT2D eigenvalue weighted by molar-refractivity contribution is 7.89. The van der Waals surface area contributed by atoms with Crippen LogP contribution in [0.15, 0.2) is 66.1 Å². The van der Waals surface area contributed by atoms with Crippen LogP contribution in [-0.2, 0) is 19.6 Å². The number of carbonyl (C=O) groups is 1. The predicted octanol–water partition coefficient (Wildman–Crippen LogP) is 3.24. The van der Waals surface area contributed by atoms with E-state index in [0.717, 1.165) is 11.1 Å². The quantitative estimate of drug-likeness (QED) is 0.575. The summed E-state index contributed by atoms with van der Waals surface area (Å²) in [6.45, 7) is 9.64. The molecule has 1 aromatic rings. The van der Waals surface area contributed by atoms with Crippen LogP contribution < -0.4 is 0 Å². The number of aryl methyl sites for hydroxylation is 1. The molecule has 2 aliphatic rings. The first-order valence-electron chi connectivity index (χ1n) is 8.93. The molecule has 1 heterocycles. The normalized spacial score (nSPS) is 28.1. The summed E-state index contributed by atoms with van der Waals surface area (Å²) in [5, 5.41) is 0. The summed E-state index contributed by atoms with van der Waals surface area (Å²) in [5.74, 6) is -0.771. The lowest BCUT2D eigenvalue weighted by Crippen LogP contribution is -2.61. The number of fused-ring (bicyclic) bond motifs is 1. The Morgan fingerprint density at radius 2 is 1.96 bits per heavy atom. The van der Waals surface area contributed by atoms with Gasteiger partial charge in [0.15, 0.2) is 0 Å². The average Bonchev–Trinajstić information content (AvgIpc) is 3.06. The molecule has 0 N–H and O–H groups in total. The molecule has 1 aliphatic carbocycles. The zero-order valence-electron chi connectivity index (χ0n) is 15.7. The van der Waals surface area contributed by atoms with Gasteiger partial charge in [-0.15, -0.1) is 6.58 Å². The van der Waals surface area contributed by atoms with Crippen molar-refractivity contribution < 1.29 is 17.9 Å². The minimum absolute atomic E-state index is 0.0326. The number of hydrogen-bond acceptors (Lipinski definition) is 4. The van der Waals surface area contributed by atoms with E-state index < -0.39 is 21.5 Å². The molecule has 3 atom stereocenters. The van der Waals surface area contributed by atoms with Crippen molar-refractivity contribution in [3.8, 4) is 0 Å². The van der Waals surface area contributed by atoms with E-state index >= 15 is 0 Å². The van der Waals surface area contributed by atoms with E-state index in [1.54, 1.807) is 36.4 Å². The van der Waals surface area contributed by atoms with Crippen LogP contribution in [0.5, 0.6) is 0 Å². The maximum atomic E-state index is 13.6. The molecular formula is C21H25NO4S. The second-order valence-corrected chi connectivity index (χ2v) is 9.09. The molecule has 27 heavy (non-hydrogen) atoms. The van der Waals surface area contributed by atoms with Gasteiger partial charge in [0, 0.05) is 12.5 Å². The SMILES string of the molecule is C=CC1=C[C@@H]2C[C@H](C=C)C[C@]2(C(=O)OC)N(S(=O)(=O)c2ccc(C)cc2)C1. The smallest absolute Gasteiger partial charge is 0.327 e. The van der Waals surface area contributed by atoms with Crippen LogP contribution in [0.1, 0.15) is 18.4 Å². The second-order valence-electron chi connectivity index (χ2n) is 7.23. The fourth-order valence-corrected chi connectivity index (χ4v) is 6.00. The molecule has 1 saturated carbocycles. The molecule has 5 nitrogen and oxygen atoms in total. The third-order valence-corrected chi connectivity index (χ3v) is 7.58. The molecule has 6 heteroatoms. The molecule has 1 fully saturated rings. The van der Waals surface area contributed by atoms with Crippen molar-refractivity contribution in [3.05, 3.63) is 66.8 Å². The zero-order valence-corrected chi connectivity index (χ0v) is 16.5. The fraction of sp³-hybridized carbons (Fsp3) is 0.381. The second kappa shape index (κ2) is 7.09. The Labute approximate surface area is 161 Å². The highest BCUT2D eigenvalue weighted by Gasteiger charge is 2.61. The van der Waals surface area contributed by atoms with Crippen molar-refractivity contribution in [2.75, 3.05) is 13.7 Å². The zero-order chi connectivity index (χ0) is 19.8. The van der Waals surface area contributed by atoms with Crippen molar-refractivity contribution >= 4 is 16.0 Å². The van der Waals surface area contributed by atoms with Gasteiger partial charge in [-0.3, -0.25) is 0 Å². The molecule has 1 aromatic carbocycles. The van der Waals surface area contributed by atoms with E-state index in [1.807, 2.05) is 13.0 Å². The lowest BCUT2D eigenvalue weighted by atomic mass is 9.82. The van der Waals surface area contributed by atoms with E-state index in [4.69, 9.17) is 4.74 Å². The Morgan fingerprint density at radius 1 is 1.30 bits per heavy atom. The minimum Gasteiger partial charge on any atom is -0.468 e. The number of ether oxygens (including phenoxy) is 1. The van der Waals surface area contributed by atoms with Crippen molar-refractivity contribution in [2.24, 2.45) is 11.8 Å². The highest BCUT2D eigenvalue weighted by atomic mass is 32.2. The maximum Gasteiger partial charge on any atom is 0.327 e. The van der Waals surface area contributed by atoms with Crippen molar-refractivity contribution in [1.29, 1.82) is 0 Å². The number of benzene rings is 1. The number of nitrogens with zero attached hydrogens (tertiary/aromatic N) is 1. The first-order chi connectivity index (χ1) is 12.8. The lowest BCUT2D eigenvalue weighted by molar-refractivity contribution is -0.154. The average molecular weight is 388 g/mol. The van der Waals surface area contributed by atoms with Crippen LogP contribution >= 0.6 is 0 Å². The monoisotopic (exact) mass is 387 g/mol. The topological polar surface area (TPSA) is 63.7 Å². The molecular weight excluding hydrogens is 362 g/mol. The van der Waals surface area contributed by atoms with Crippen LogP contribution in [0.3, 0.4) is 0 Å². The van der Waals surface area contributed by atoms with Crippen LogP contribution in [-0.4, -0.2) is 37.9 Å². The Morgan fingerprint density at radius 3 is 2.52 bits per heavy atom. The van der Waals surface area contributed by atoms with Crippen LogP contribution in [0.4, 0.5) is 0 Å². The Bertz CT molecular complexity index is 901. The Balaban J connectivity index is 2.20. The van der Waals surface area contributed by atoms with Crippen LogP contribution in [0, 0.1) is 18.8 Å². The highest BCUT2D eigenvalue weighted by Crippen LogP contribution is 2.50. The third-order valence-electron chi connectivity index (χ3n) is 5.67. The lowest BCUT2D eigenvalue weighted by Gasteiger charge is -2.44. The van der Waals surface area contributed by atoms with Gasteiger partial charge in [-0.05, 0) is 43.4 Å². The van der Waals surface area contributed by atoms with Gasteiger partial charge >= 0.3 is 5.97 Å². The van der Waals surface area contributed by atoms with Gasteiger partial charge in [0.1, 0.15) is 5.54 Å². The Hall–Kier alpha value is -2.18. The standard InChI is InChI=1S/C21H25NO4S/c1-5-16-11-18-12-17(6-2)14-22(21(18,13-16)20(23)26-4)27(24,25)19-9-7-15(3)8-10-19/h5-10,12,16,18H,1-2,11,13-14H2,3-4H3/t16-,18-,21-/m0/s1. The van der Waals surface area contributed by atoms with E-state index in [2.05, 4.69) is 13.2 Å². The van der Waals surface area contributed by atoms with Crippen LogP contribution in [0.2, 0.25) is 0 Å². The number of allylic oxidation sites excluding steroid dienone is 1. The number of rotatable bonds is 5. The van der Waals surface area contributed by atoms with Crippen molar-refractivity contribution in [1.82, 2.24) is 4.31 Å². The van der Waals surface area contributed by atoms with E-state index in [-0.39, 0.29) is 23.3 Å². The molecule has 0 spiro atoms. The summed E-state index contributed by atoms with van der Waals surface area (Å²) in [7, 11) is -2.61. The summed E-state index contributed by atoms with van der Waals surface area (Å²) >= 11 is 0. The molecule has 0 radical (unpaired) electrons. The van der Waals surface area contributed by atoms with Gasteiger partial charge in [-0.25, -0.2) is 13.2 Å². The maximum absolute atomic E-state index is 13.6. The molecule has 3 rings (SSSR count). The van der Waals surface area contributed by atoms with Gasteiger partial charge in [-0.1, -0.05) is 42.5 Å². The first-order valence-corrected chi connectivity index (χ1v) is 10.4. The molecule has 0 unspecified atom stereocenters. The van der Waals surface area contributed by atoms with Gasteiger partial charge in [0.05, 0.1) is 12.0 Å². The van der Waals surface area contributed by atoms with Crippen LogP contribution in [0.25, 0.3) is 0 Å². The van der Waals surface area contributed by atoms with Gasteiger partial charge in [0.25, 0.3) is 0 Å². The molecule has 144 valence electrons. The molecule has 0 aromatic heterocycles. The van der Waals surface area contributed by atoms with Gasteiger partial charge < -0.3 is 4.74 Å². The number of carbonyl (C=O) groups excluding carboxylic acids is 1. The number of hydrogen-bond donors (Lipinski definition) is 0. The Kier molecular flexibility index (Phi) is 5.14. The molecule has 0 bridgehead atoms. The predicted molar refractivity (Wildman–Crippen MR) is 105 cm³/mol. The fourth-order valence-electron chi connectivity index (χ4n) is 4.23. The largest absolute Gasteiger partial charge is 0.468 e. The van der Waals surface area contributed by atoms with Gasteiger partial charge in [-0.2, -0.15) is 4.31 Å². The third kappa shape index (κ3) is 3.07. The van der Waals surface area contributed by atoms with Crippen molar-refractivity contribution in [2.45, 2.75) is 30.2 Å². The van der Waals surface area contributed by atoms with Crippen molar-refractivity contribution in [3.63, 3.8) is 0 Å². The number of methoxy groups -OCH3 is 1. The summed E-state index contributed by atoms with van der Waals surface area (Å²) in [4.78, 5) is 13.1. The first kappa shape index (κ1) is 19.6. The van der Waals surface area contributed by atoms with E-state index in [0.29, 0.717) is 12.8 Å². The summed E-state index contributed by atoms with van der Waals surface area (Å²) in [6, 6.07) is 6.67. The minimum atomic E-state index is -3.91. The molecule has 0 amide bonds. The number of sulfonamides is 1. The summed E-state index contributed by atoms with van der Waals surface area (Å²) in [5.41, 5.74) is 0.497. The van der Waals surface area contributed by atoms with Gasteiger partial charge in [0.2, 0.25) is 10.0 Å².